The molecule has 0 saturated heterocycles. The minimum atomic E-state index is -0.395. The normalized spacial score (nSPS) is 16.3. The lowest BCUT2D eigenvalue weighted by molar-refractivity contribution is -0.114. The Morgan fingerprint density at radius 2 is 1.75 bits per heavy atom. The Kier molecular flexibility index (Phi) is 7.71. The maximum Gasteiger partial charge on any atom is 0.221 e. The van der Waals surface area contributed by atoms with Crippen LogP contribution in [0, 0.1) is 5.41 Å². The summed E-state index contributed by atoms with van der Waals surface area (Å²) in [7, 11) is 0. The van der Waals surface area contributed by atoms with Gasteiger partial charge in [-0.15, -0.1) is 5.10 Å². The molecule has 1 aromatic heterocycles. The predicted octanol–water partition coefficient (Wildman–Crippen LogP) is 7.12. The Morgan fingerprint density at radius 3 is 2.36 bits per heavy atom. The molecule has 1 amide bonds. The van der Waals surface area contributed by atoms with Crippen LogP contribution >= 0.6 is 23.2 Å². The molecule has 1 heterocycles. The molecular weight excluding hydrogens is 495 g/mol. The maximum atomic E-state index is 11.4. The summed E-state index contributed by atoms with van der Waals surface area (Å²) in [5.74, 6) is 0.723. The van der Waals surface area contributed by atoms with Crippen LogP contribution in [-0.2, 0) is 10.3 Å². The highest BCUT2D eigenvalue weighted by Crippen LogP contribution is 2.43. The lowest BCUT2D eigenvalue weighted by Gasteiger charge is -2.35. The van der Waals surface area contributed by atoms with Gasteiger partial charge in [-0.3, -0.25) is 4.79 Å². The van der Waals surface area contributed by atoms with Gasteiger partial charge < -0.3 is 10.6 Å². The van der Waals surface area contributed by atoms with E-state index in [1.807, 2.05) is 47.2 Å². The average molecular weight is 528 g/mol. The number of nitrogens with one attached hydrogen (secondary N) is 2. The Labute approximate surface area is 222 Å². The molecular formula is C27H32Cl2N6O. The van der Waals surface area contributed by atoms with Crippen LogP contribution in [-0.4, -0.2) is 26.1 Å². The molecule has 7 nitrogen and oxygen atoms in total. The molecule has 2 aromatic carbocycles. The van der Waals surface area contributed by atoms with Crippen molar-refractivity contribution in [2.24, 2.45) is 5.41 Å². The van der Waals surface area contributed by atoms with Crippen LogP contribution in [0.5, 0.6) is 0 Å². The van der Waals surface area contributed by atoms with Crippen molar-refractivity contribution >= 4 is 46.6 Å². The second kappa shape index (κ2) is 10.6. The van der Waals surface area contributed by atoms with Gasteiger partial charge in [0.15, 0.2) is 5.82 Å². The number of tetrazole rings is 1. The van der Waals surface area contributed by atoms with E-state index in [-0.39, 0.29) is 17.4 Å². The van der Waals surface area contributed by atoms with Gasteiger partial charge in [0.25, 0.3) is 0 Å². The molecule has 1 aliphatic rings. The third-order valence-electron chi connectivity index (χ3n) is 6.54. The second-order valence-electron chi connectivity index (χ2n) is 10.5. The number of carbonyl (C=O) groups is 1. The van der Waals surface area contributed by atoms with Crippen LogP contribution in [0.1, 0.15) is 70.8 Å². The van der Waals surface area contributed by atoms with Crippen LogP contribution in [0.15, 0.2) is 48.5 Å². The number of nitrogens with zero attached hydrogens (tertiary/aromatic N) is 4. The molecule has 0 aliphatic heterocycles. The number of amides is 1. The van der Waals surface area contributed by atoms with Gasteiger partial charge in [-0.05, 0) is 70.6 Å². The molecule has 4 rings (SSSR count). The molecule has 0 bridgehead atoms. The summed E-state index contributed by atoms with van der Waals surface area (Å²) in [6.45, 7) is 8.02. The van der Waals surface area contributed by atoms with Crippen molar-refractivity contribution in [1.82, 2.24) is 20.2 Å². The number of carbonyl (C=O) groups excluding carboxylic acids is 1. The van der Waals surface area contributed by atoms with Gasteiger partial charge >= 0.3 is 0 Å². The largest absolute Gasteiger partial charge is 0.373 e. The average Bonchev–Trinajstić information content (AvgIpc) is 3.46. The van der Waals surface area contributed by atoms with Crippen LogP contribution in [0.25, 0.3) is 6.08 Å². The van der Waals surface area contributed by atoms with E-state index in [2.05, 4.69) is 53.0 Å². The summed E-state index contributed by atoms with van der Waals surface area (Å²) in [6.07, 6.45) is 8.13. The number of hydrogen-bond donors (Lipinski definition) is 2. The zero-order chi connectivity index (χ0) is 25.9. The topological polar surface area (TPSA) is 84.7 Å². The van der Waals surface area contributed by atoms with E-state index in [0.29, 0.717) is 10.0 Å². The summed E-state index contributed by atoms with van der Waals surface area (Å²) in [4.78, 5) is 11.4. The molecule has 190 valence electrons. The molecule has 0 radical (unpaired) electrons. The minimum absolute atomic E-state index is 0.0942. The monoisotopic (exact) mass is 526 g/mol. The Balaban J connectivity index is 1.68. The van der Waals surface area contributed by atoms with Crippen LogP contribution in [0.3, 0.4) is 0 Å². The summed E-state index contributed by atoms with van der Waals surface area (Å²) in [5.41, 5.74) is 2.04. The van der Waals surface area contributed by atoms with Crippen LogP contribution < -0.4 is 10.6 Å². The molecule has 0 spiro atoms. The standard InChI is InChI=1S/C27H32Cl2N6O/c1-18(36)30-21-10-12-22(13-11-21)31-27(15-5-6-16-27)25-32-33-34-35(25)24(26(2,3)4)14-8-19-7-9-20(28)17-23(19)29/h7-14,17,24,31H,5-6,15-16H2,1-4H3,(H,30,36)/b14-8+/t24-/m0/s1. The van der Waals surface area contributed by atoms with Gasteiger partial charge in [-0.25, -0.2) is 4.68 Å². The number of halogens is 2. The summed E-state index contributed by atoms with van der Waals surface area (Å²) < 4.78 is 1.95. The highest BCUT2D eigenvalue weighted by Gasteiger charge is 2.42. The van der Waals surface area contributed by atoms with E-state index >= 15 is 0 Å². The summed E-state index contributed by atoms with van der Waals surface area (Å²) >= 11 is 12.5. The van der Waals surface area contributed by atoms with Crippen molar-refractivity contribution in [3.8, 4) is 0 Å². The van der Waals surface area contributed by atoms with Gasteiger partial charge in [0.1, 0.15) is 0 Å². The first-order chi connectivity index (χ1) is 17.1. The van der Waals surface area contributed by atoms with Gasteiger partial charge in [-0.1, -0.05) is 75.0 Å². The van der Waals surface area contributed by atoms with Crippen molar-refractivity contribution in [2.45, 2.75) is 65.0 Å². The number of allylic oxidation sites excluding steroid dienone is 1. The zero-order valence-corrected chi connectivity index (χ0v) is 22.6. The predicted molar refractivity (Wildman–Crippen MR) is 146 cm³/mol. The number of rotatable bonds is 7. The van der Waals surface area contributed by atoms with E-state index < -0.39 is 5.54 Å². The molecule has 1 aliphatic carbocycles. The second-order valence-corrected chi connectivity index (χ2v) is 11.3. The maximum absolute atomic E-state index is 11.4. The van der Waals surface area contributed by atoms with Crippen molar-refractivity contribution < 1.29 is 4.79 Å². The van der Waals surface area contributed by atoms with Crippen LogP contribution in [0.4, 0.5) is 11.4 Å². The van der Waals surface area contributed by atoms with Crippen LogP contribution in [0.2, 0.25) is 10.0 Å². The Bertz CT molecular complexity index is 1240. The molecule has 2 N–H and O–H groups in total. The number of benzene rings is 2. The highest BCUT2D eigenvalue weighted by atomic mass is 35.5. The van der Waals surface area contributed by atoms with E-state index in [1.165, 1.54) is 6.92 Å². The molecule has 36 heavy (non-hydrogen) atoms. The fourth-order valence-corrected chi connectivity index (χ4v) is 5.24. The number of anilines is 2. The fraction of sp³-hybridized carbons (Fsp3) is 0.407. The third-order valence-corrected chi connectivity index (χ3v) is 7.10. The number of aromatic nitrogens is 4. The molecule has 1 atom stereocenters. The van der Waals surface area contributed by atoms with E-state index in [1.54, 1.807) is 6.07 Å². The van der Waals surface area contributed by atoms with E-state index in [9.17, 15) is 4.79 Å². The zero-order valence-electron chi connectivity index (χ0n) is 21.1. The lowest BCUT2D eigenvalue weighted by Crippen LogP contribution is -2.38. The first-order valence-electron chi connectivity index (χ1n) is 12.1. The molecule has 3 aromatic rings. The van der Waals surface area contributed by atoms with Crippen molar-refractivity contribution in [3.63, 3.8) is 0 Å². The molecule has 0 unspecified atom stereocenters. The third kappa shape index (κ3) is 5.90. The Hall–Kier alpha value is -2.90. The highest BCUT2D eigenvalue weighted by molar-refractivity contribution is 6.35. The number of hydrogen-bond acceptors (Lipinski definition) is 5. The van der Waals surface area contributed by atoms with Gasteiger partial charge in [0.2, 0.25) is 5.91 Å². The lowest BCUT2D eigenvalue weighted by atomic mass is 9.85. The quantitative estimate of drug-likeness (QED) is 0.342. The van der Waals surface area contributed by atoms with Gasteiger partial charge in [0, 0.05) is 28.3 Å². The summed E-state index contributed by atoms with van der Waals surface area (Å²) in [5, 5.41) is 20.9. The molecule has 9 heteroatoms. The van der Waals surface area contributed by atoms with Gasteiger partial charge in [-0.2, -0.15) is 0 Å². The first-order valence-corrected chi connectivity index (χ1v) is 12.9. The van der Waals surface area contributed by atoms with Crippen molar-refractivity contribution in [1.29, 1.82) is 0 Å². The molecule has 1 fully saturated rings. The van der Waals surface area contributed by atoms with E-state index in [4.69, 9.17) is 23.2 Å². The summed E-state index contributed by atoms with van der Waals surface area (Å²) in [6, 6.07) is 13.1. The molecule has 1 saturated carbocycles. The smallest absolute Gasteiger partial charge is 0.221 e. The first kappa shape index (κ1) is 26.2. The fourth-order valence-electron chi connectivity index (χ4n) is 4.76. The SMILES string of the molecule is CC(=O)Nc1ccc(NC2(c3nnnn3[C@@H](/C=C/c3ccc(Cl)cc3Cl)C(C)(C)C)CCCC2)cc1. The van der Waals surface area contributed by atoms with Crippen molar-refractivity contribution in [2.75, 3.05) is 10.6 Å². The van der Waals surface area contributed by atoms with Crippen molar-refractivity contribution in [3.05, 3.63) is 70.0 Å². The minimum Gasteiger partial charge on any atom is -0.373 e. The Morgan fingerprint density at radius 1 is 1.08 bits per heavy atom. The van der Waals surface area contributed by atoms with Gasteiger partial charge in [0.05, 0.1) is 11.6 Å². The van der Waals surface area contributed by atoms with E-state index in [0.717, 1.165) is 48.4 Å².